The van der Waals surface area contributed by atoms with E-state index in [9.17, 15) is 38.9 Å². The van der Waals surface area contributed by atoms with Crippen molar-refractivity contribution in [3.8, 4) is 0 Å². The predicted octanol–water partition coefficient (Wildman–Crippen LogP) is -0.761. The Labute approximate surface area is 265 Å². The molecule has 9 nitrogen and oxygen atoms in total. The molecule has 16 heteroatoms. The van der Waals surface area contributed by atoms with Gasteiger partial charge in [-0.25, -0.2) is 0 Å². The van der Waals surface area contributed by atoms with Crippen LogP contribution in [0.25, 0.3) is 0 Å². The van der Waals surface area contributed by atoms with Crippen molar-refractivity contribution in [1.82, 2.24) is 0 Å². The fourth-order valence-corrected chi connectivity index (χ4v) is 7.04. The molecule has 0 radical (unpaired) electrons. The van der Waals surface area contributed by atoms with E-state index >= 15 is 0 Å². The van der Waals surface area contributed by atoms with E-state index in [1.807, 2.05) is 0 Å². The minimum absolute atomic E-state index is 0. The van der Waals surface area contributed by atoms with Gasteiger partial charge in [-0.3, -0.25) is 13.7 Å². The quantitative estimate of drug-likeness (QED) is 0.195. The summed E-state index contributed by atoms with van der Waals surface area (Å²) in [7, 11) is -15.4. The first-order chi connectivity index (χ1) is 14.3. The van der Waals surface area contributed by atoms with Gasteiger partial charge in [0.15, 0.2) is 0 Å². The summed E-state index contributed by atoms with van der Waals surface area (Å²) in [5.41, 5.74) is 0. The second-order valence-corrected chi connectivity index (χ2v) is 12.7. The second kappa shape index (κ2) is 13.6. The molecule has 0 atom stereocenters. The van der Waals surface area contributed by atoms with Crippen LogP contribution in [0, 0.1) is 0 Å². The molecule has 0 bridgehead atoms. The maximum atomic E-state index is 11.6. The molecular weight excluding hydrogens is 556 g/mol. The van der Waals surface area contributed by atoms with Crippen molar-refractivity contribution in [2.24, 2.45) is 0 Å². The van der Waals surface area contributed by atoms with Gasteiger partial charge in [0.05, 0.1) is 14.7 Å². The summed E-state index contributed by atoms with van der Waals surface area (Å²) in [6, 6.07) is 15.7. The van der Waals surface area contributed by atoms with Crippen molar-refractivity contribution < 1.29 is 38.9 Å². The Morgan fingerprint density at radius 1 is 0.471 bits per heavy atom. The molecule has 3 aromatic carbocycles. The molecule has 0 heterocycles. The van der Waals surface area contributed by atoms with Crippen molar-refractivity contribution in [2.75, 3.05) is 0 Å². The van der Waals surface area contributed by atoms with Crippen LogP contribution in [-0.2, 0) is 30.4 Å². The SMILES string of the molecule is O=S(=O)(O)c1cccc(P(c2cccc(S(=O)(=O)O)c2)c2cccc(S(=O)(=O)O)c2)c1.[NaH].[NaH].[NaH]. The summed E-state index contributed by atoms with van der Waals surface area (Å²) in [4.78, 5) is -1.22. The third-order valence-electron chi connectivity index (χ3n) is 4.12. The molecule has 3 aromatic rings. The van der Waals surface area contributed by atoms with E-state index in [0.717, 1.165) is 18.2 Å². The third kappa shape index (κ3) is 8.98. The van der Waals surface area contributed by atoms with Gasteiger partial charge in [-0.2, -0.15) is 25.3 Å². The summed E-state index contributed by atoms with van der Waals surface area (Å²) < 4.78 is 97.7. The van der Waals surface area contributed by atoms with Gasteiger partial charge >= 0.3 is 88.7 Å². The van der Waals surface area contributed by atoms with Gasteiger partial charge in [0.1, 0.15) is 0 Å². The zero-order valence-electron chi connectivity index (χ0n) is 15.4. The maximum absolute atomic E-state index is 11.6. The molecule has 0 spiro atoms. The van der Waals surface area contributed by atoms with Crippen molar-refractivity contribution >= 4 is 143 Å². The normalized spacial score (nSPS) is 11.6. The van der Waals surface area contributed by atoms with Crippen molar-refractivity contribution in [3.63, 3.8) is 0 Å². The van der Waals surface area contributed by atoms with E-state index in [2.05, 4.69) is 0 Å². The molecule has 0 saturated heterocycles. The summed E-state index contributed by atoms with van der Waals surface area (Å²) in [6.45, 7) is 0. The van der Waals surface area contributed by atoms with Crippen LogP contribution in [0.2, 0.25) is 0 Å². The van der Waals surface area contributed by atoms with Crippen LogP contribution < -0.4 is 15.9 Å². The van der Waals surface area contributed by atoms with E-state index in [1.54, 1.807) is 0 Å². The Kier molecular flexibility index (Phi) is 13.9. The van der Waals surface area contributed by atoms with Gasteiger partial charge in [-0.05, 0) is 60.2 Å². The molecule has 170 valence electrons. The standard InChI is InChI=1S/C18H15O9PS3.3Na.3H/c19-29(20,21)16-7-1-4-13(10-16)28(14-5-2-8-17(11-14)30(22,23)24)15-6-3-9-18(12-15)31(25,26)27;;;;;;/h1-12H,(H,19,20,21)(H,22,23,24)(H,25,26,27);;;;;;. The minimum atomic E-state index is -4.55. The molecule has 0 fully saturated rings. The molecule has 3 N–H and O–H groups in total. The Balaban J connectivity index is 0.00000363. The molecule has 0 amide bonds. The van der Waals surface area contributed by atoms with Gasteiger partial charge in [0.2, 0.25) is 0 Å². The zero-order chi connectivity index (χ0) is 23.0. The Hall–Kier alpha value is 0.820. The second-order valence-electron chi connectivity index (χ2n) is 6.25. The Bertz CT molecular complexity index is 1300. The molecule has 0 aliphatic rings. The van der Waals surface area contributed by atoms with E-state index in [4.69, 9.17) is 0 Å². The monoisotopic (exact) mass is 574 g/mol. The third-order valence-corrected chi connectivity index (χ3v) is 9.05. The van der Waals surface area contributed by atoms with Crippen LogP contribution in [0.1, 0.15) is 0 Å². The van der Waals surface area contributed by atoms with Crippen LogP contribution in [-0.4, -0.2) is 128 Å². The average Bonchev–Trinajstić information content (AvgIpc) is 2.67. The number of hydrogen-bond donors (Lipinski definition) is 3. The van der Waals surface area contributed by atoms with E-state index in [1.165, 1.54) is 54.6 Å². The summed E-state index contributed by atoms with van der Waals surface area (Å²) >= 11 is 0. The molecular formula is C18H18Na3O9PS3. The van der Waals surface area contributed by atoms with Crippen LogP contribution in [0.5, 0.6) is 0 Å². The van der Waals surface area contributed by atoms with Crippen LogP contribution in [0.4, 0.5) is 0 Å². The topological polar surface area (TPSA) is 163 Å². The first-order valence-electron chi connectivity index (χ1n) is 8.30. The molecule has 0 saturated carbocycles. The summed E-state index contributed by atoms with van der Waals surface area (Å²) in [5.74, 6) is 0. The first-order valence-corrected chi connectivity index (χ1v) is 14.0. The van der Waals surface area contributed by atoms with Gasteiger partial charge in [-0.1, -0.05) is 36.4 Å². The van der Waals surface area contributed by atoms with Gasteiger partial charge in [0.25, 0.3) is 30.4 Å². The number of hydrogen-bond acceptors (Lipinski definition) is 6. The molecule has 0 aliphatic heterocycles. The first kappa shape index (κ1) is 34.8. The Morgan fingerprint density at radius 2 is 0.706 bits per heavy atom. The average molecular weight is 574 g/mol. The summed E-state index contributed by atoms with van der Waals surface area (Å²) in [5, 5.41) is 1.01. The van der Waals surface area contributed by atoms with E-state index < -0.39 is 53.0 Å². The summed E-state index contributed by atoms with van der Waals surface area (Å²) in [6.07, 6.45) is 0. The fraction of sp³-hybridized carbons (Fsp3) is 0. The molecule has 3 rings (SSSR count). The van der Waals surface area contributed by atoms with Crippen molar-refractivity contribution in [1.29, 1.82) is 0 Å². The predicted molar refractivity (Wildman–Crippen MR) is 136 cm³/mol. The molecule has 0 aromatic heterocycles. The van der Waals surface area contributed by atoms with Crippen LogP contribution in [0.3, 0.4) is 0 Å². The molecule has 0 unspecified atom stereocenters. The van der Waals surface area contributed by atoms with E-state index in [-0.39, 0.29) is 88.7 Å². The van der Waals surface area contributed by atoms with Crippen LogP contribution in [0.15, 0.2) is 87.5 Å². The Morgan fingerprint density at radius 3 is 0.912 bits per heavy atom. The van der Waals surface area contributed by atoms with Gasteiger partial charge in [-0.15, -0.1) is 0 Å². The molecule has 34 heavy (non-hydrogen) atoms. The van der Waals surface area contributed by atoms with Crippen LogP contribution >= 0.6 is 7.92 Å². The van der Waals surface area contributed by atoms with Gasteiger partial charge in [0, 0.05) is 0 Å². The molecule has 0 aliphatic carbocycles. The fourth-order valence-electron chi connectivity index (χ4n) is 2.80. The zero-order valence-corrected chi connectivity index (χ0v) is 18.7. The van der Waals surface area contributed by atoms with Crippen molar-refractivity contribution in [2.45, 2.75) is 14.7 Å². The van der Waals surface area contributed by atoms with E-state index in [0.29, 0.717) is 15.9 Å². The van der Waals surface area contributed by atoms with Crippen molar-refractivity contribution in [3.05, 3.63) is 72.8 Å². The van der Waals surface area contributed by atoms with Gasteiger partial charge < -0.3 is 0 Å². The number of benzene rings is 3. The number of rotatable bonds is 6.